The summed E-state index contributed by atoms with van der Waals surface area (Å²) in [6.45, 7) is 0.114. The molecule has 0 radical (unpaired) electrons. The second kappa shape index (κ2) is 4.39. The average molecular weight is 238 g/mol. The van der Waals surface area contributed by atoms with Gasteiger partial charge in [0, 0.05) is 5.03 Å². The van der Waals surface area contributed by atoms with Crippen LogP contribution in [-0.4, -0.2) is 17.0 Å². The second-order valence-corrected chi connectivity index (χ2v) is 3.97. The number of allylic oxidation sites excluding steroid dienone is 2. The third-order valence-electron chi connectivity index (χ3n) is 1.53. The van der Waals surface area contributed by atoms with E-state index in [1.54, 1.807) is 18.2 Å². The molecule has 0 aromatic carbocycles. The van der Waals surface area contributed by atoms with Crippen LogP contribution in [0.15, 0.2) is 23.3 Å². The first-order valence-corrected chi connectivity index (χ1v) is 4.74. The predicted molar refractivity (Wildman–Crippen MR) is 56.1 cm³/mol. The van der Waals surface area contributed by atoms with E-state index in [1.807, 2.05) is 0 Å². The molecule has 0 aromatic heterocycles. The van der Waals surface area contributed by atoms with Crippen LogP contribution in [0.4, 0.5) is 0 Å². The van der Waals surface area contributed by atoms with E-state index in [0.717, 1.165) is 0 Å². The number of rotatable bonds is 2. The van der Waals surface area contributed by atoms with E-state index >= 15 is 0 Å². The van der Waals surface area contributed by atoms with Crippen LogP contribution in [0.3, 0.4) is 0 Å². The predicted octanol–water partition coefficient (Wildman–Crippen LogP) is 2.87. The molecule has 70 valence electrons. The summed E-state index contributed by atoms with van der Waals surface area (Å²) in [5.74, 6) is 2.32. The number of terminal acetylenes is 1. The molecule has 4 heteroatoms. The molecule has 13 heavy (non-hydrogen) atoms. The lowest BCUT2D eigenvalue weighted by Gasteiger charge is -2.28. The fraction of sp³-hybridized carbons (Fsp3) is 0.333. The van der Waals surface area contributed by atoms with Gasteiger partial charge in [-0.25, -0.2) is 0 Å². The summed E-state index contributed by atoms with van der Waals surface area (Å²) in [6, 6.07) is 0. The van der Waals surface area contributed by atoms with Gasteiger partial charge in [-0.3, -0.25) is 0 Å². The Kier molecular flexibility index (Phi) is 3.70. The monoisotopic (exact) mass is 236 g/mol. The Hall–Kier alpha value is -0.130. The highest BCUT2D eigenvalue weighted by Crippen LogP contribution is 2.34. The van der Waals surface area contributed by atoms with Gasteiger partial charge in [0.2, 0.25) is 0 Å². The normalized spacial score (nSPS) is 32.5. The van der Waals surface area contributed by atoms with Crippen LogP contribution in [0.25, 0.3) is 0 Å². The molecule has 2 unspecified atom stereocenters. The largest absolute Gasteiger partial charge is 0.342 e. The Balaban J connectivity index is 2.72. The fourth-order valence-electron chi connectivity index (χ4n) is 0.874. The fourth-order valence-corrected chi connectivity index (χ4v) is 1.58. The summed E-state index contributed by atoms with van der Waals surface area (Å²) < 4.78 is 5.19. The first kappa shape index (κ1) is 10.9. The Morgan fingerprint density at radius 2 is 2.38 bits per heavy atom. The van der Waals surface area contributed by atoms with Crippen molar-refractivity contribution in [3.05, 3.63) is 23.3 Å². The Labute approximate surface area is 92.3 Å². The first-order valence-electron chi connectivity index (χ1n) is 3.55. The molecule has 1 rings (SSSR count). The molecule has 0 saturated carbocycles. The van der Waals surface area contributed by atoms with Gasteiger partial charge in [0.05, 0.1) is 0 Å². The summed E-state index contributed by atoms with van der Waals surface area (Å²) in [5.41, 5.74) is 0. The second-order valence-electron chi connectivity index (χ2n) is 2.48. The quantitative estimate of drug-likeness (QED) is 0.530. The number of ether oxygens (including phenoxy) is 1. The molecule has 0 saturated heterocycles. The van der Waals surface area contributed by atoms with Gasteiger partial charge in [-0.05, 0) is 18.2 Å². The zero-order valence-corrected chi connectivity index (χ0v) is 8.90. The number of alkyl halides is 2. The highest BCUT2D eigenvalue weighted by atomic mass is 35.5. The zero-order valence-electron chi connectivity index (χ0n) is 6.64. The summed E-state index contributed by atoms with van der Waals surface area (Å²) in [7, 11) is 0. The molecule has 0 aromatic rings. The smallest absolute Gasteiger partial charge is 0.181 e. The van der Waals surface area contributed by atoms with Crippen LogP contribution in [0, 0.1) is 12.3 Å². The number of hydrogen-bond acceptors (Lipinski definition) is 1. The van der Waals surface area contributed by atoms with Crippen molar-refractivity contribution < 1.29 is 4.74 Å². The van der Waals surface area contributed by atoms with Gasteiger partial charge < -0.3 is 4.74 Å². The minimum absolute atomic E-state index is 0.114. The molecule has 1 aliphatic carbocycles. The lowest BCUT2D eigenvalue weighted by Crippen LogP contribution is -2.34. The molecule has 0 spiro atoms. The molecule has 0 aliphatic heterocycles. The van der Waals surface area contributed by atoms with Crippen molar-refractivity contribution in [1.82, 2.24) is 0 Å². The maximum atomic E-state index is 6.03. The zero-order chi connectivity index (χ0) is 9.90. The summed E-state index contributed by atoms with van der Waals surface area (Å²) in [4.78, 5) is 0. The standard InChI is InChI=1S/C9H7Cl3O/c1-2-5-13-9(12)4-3-7(10)6-8(9)11/h1,3-4,6,8H,5H2. The van der Waals surface area contributed by atoms with E-state index in [-0.39, 0.29) is 6.61 Å². The van der Waals surface area contributed by atoms with E-state index in [2.05, 4.69) is 5.92 Å². The van der Waals surface area contributed by atoms with Gasteiger partial charge in [-0.15, -0.1) is 18.0 Å². The van der Waals surface area contributed by atoms with Crippen molar-refractivity contribution in [2.45, 2.75) is 10.4 Å². The number of halogens is 3. The summed E-state index contributed by atoms with van der Waals surface area (Å²) in [6.07, 6.45) is 9.86. The molecular weight excluding hydrogens is 230 g/mol. The van der Waals surface area contributed by atoms with Gasteiger partial charge in [0.15, 0.2) is 5.06 Å². The van der Waals surface area contributed by atoms with E-state index in [9.17, 15) is 0 Å². The van der Waals surface area contributed by atoms with Gasteiger partial charge in [-0.1, -0.05) is 29.1 Å². The van der Waals surface area contributed by atoms with Crippen LogP contribution in [0.5, 0.6) is 0 Å². The maximum Gasteiger partial charge on any atom is 0.181 e. The molecule has 0 N–H and O–H groups in total. The highest BCUT2D eigenvalue weighted by Gasteiger charge is 2.35. The van der Waals surface area contributed by atoms with E-state index in [1.165, 1.54) is 0 Å². The van der Waals surface area contributed by atoms with Crippen molar-refractivity contribution in [1.29, 1.82) is 0 Å². The Bertz CT molecular complexity index is 290. The molecular formula is C9H7Cl3O. The van der Waals surface area contributed by atoms with E-state index < -0.39 is 10.4 Å². The van der Waals surface area contributed by atoms with E-state index in [0.29, 0.717) is 5.03 Å². The lowest BCUT2D eigenvalue weighted by atomic mass is 10.1. The maximum absolute atomic E-state index is 6.03. The molecule has 0 heterocycles. The minimum Gasteiger partial charge on any atom is -0.342 e. The topological polar surface area (TPSA) is 9.23 Å². The summed E-state index contributed by atoms with van der Waals surface area (Å²) >= 11 is 17.7. The third kappa shape index (κ3) is 2.65. The van der Waals surface area contributed by atoms with Gasteiger partial charge in [-0.2, -0.15) is 0 Å². The Morgan fingerprint density at radius 1 is 1.69 bits per heavy atom. The van der Waals surface area contributed by atoms with Crippen LogP contribution < -0.4 is 0 Å². The van der Waals surface area contributed by atoms with Crippen molar-refractivity contribution in [2.75, 3.05) is 6.61 Å². The molecule has 0 fully saturated rings. The third-order valence-corrected chi connectivity index (χ3v) is 2.81. The summed E-state index contributed by atoms with van der Waals surface area (Å²) in [5, 5.41) is -1.05. The molecule has 0 amide bonds. The number of hydrogen-bond donors (Lipinski definition) is 0. The van der Waals surface area contributed by atoms with Crippen molar-refractivity contribution >= 4 is 34.8 Å². The first-order chi connectivity index (χ1) is 6.08. The minimum atomic E-state index is -1.08. The SMILES string of the molecule is C#CCOC1(Cl)C=CC(Cl)=CC1Cl. The van der Waals surface area contributed by atoms with Gasteiger partial charge >= 0.3 is 0 Å². The molecule has 1 nitrogen and oxygen atoms in total. The van der Waals surface area contributed by atoms with Crippen LogP contribution >= 0.6 is 34.8 Å². The van der Waals surface area contributed by atoms with Crippen LogP contribution in [0.1, 0.15) is 0 Å². The van der Waals surface area contributed by atoms with Gasteiger partial charge in [0.1, 0.15) is 12.0 Å². The molecule has 0 bridgehead atoms. The van der Waals surface area contributed by atoms with Crippen molar-refractivity contribution in [3.63, 3.8) is 0 Å². The molecule has 1 aliphatic rings. The highest BCUT2D eigenvalue weighted by molar-refractivity contribution is 6.36. The van der Waals surface area contributed by atoms with Crippen molar-refractivity contribution in [2.24, 2.45) is 0 Å². The van der Waals surface area contributed by atoms with Crippen molar-refractivity contribution in [3.8, 4) is 12.3 Å². The van der Waals surface area contributed by atoms with Crippen LogP contribution in [0.2, 0.25) is 0 Å². The Morgan fingerprint density at radius 3 is 2.92 bits per heavy atom. The lowest BCUT2D eigenvalue weighted by molar-refractivity contribution is 0.0829. The molecule has 2 atom stereocenters. The van der Waals surface area contributed by atoms with E-state index in [4.69, 9.17) is 46.0 Å². The van der Waals surface area contributed by atoms with Gasteiger partial charge in [0.25, 0.3) is 0 Å². The van der Waals surface area contributed by atoms with Crippen LogP contribution in [-0.2, 0) is 4.74 Å². The average Bonchev–Trinajstić information content (AvgIpc) is 2.09.